The fourth-order valence-corrected chi connectivity index (χ4v) is 4.55. The summed E-state index contributed by atoms with van der Waals surface area (Å²) < 4.78 is 16.2. The summed E-state index contributed by atoms with van der Waals surface area (Å²) >= 11 is 0. The van der Waals surface area contributed by atoms with Crippen LogP contribution in [0.2, 0.25) is 0 Å². The van der Waals surface area contributed by atoms with Crippen LogP contribution in [-0.2, 0) is 22.6 Å². The van der Waals surface area contributed by atoms with E-state index in [1.807, 2.05) is 17.0 Å². The highest BCUT2D eigenvalue weighted by atomic mass is 16.5. The lowest BCUT2D eigenvalue weighted by Gasteiger charge is -2.33. The SMILES string of the molecule is COCc1ccc(OC)c(CN2CCC(c3[nH]ncc3C(=O)N3CCOCC3)CC2)c1. The van der Waals surface area contributed by atoms with E-state index in [1.165, 1.54) is 5.56 Å². The summed E-state index contributed by atoms with van der Waals surface area (Å²) in [7, 11) is 3.43. The molecule has 4 rings (SSSR count). The van der Waals surface area contributed by atoms with E-state index in [9.17, 15) is 4.79 Å². The number of aromatic nitrogens is 2. The standard InChI is InChI=1S/C23H32N4O4/c1-29-16-17-3-4-21(30-2)19(13-17)15-26-7-5-18(6-8-26)22-20(14-24-25-22)23(28)27-9-11-31-12-10-27/h3-4,13-14,18H,5-12,15-16H2,1-2H3,(H,24,25). The van der Waals surface area contributed by atoms with E-state index in [0.717, 1.165) is 49.5 Å². The first-order valence-corrected chi connectivity index (χ1v) is 11.0. The number of nitrogens with one attached hydrogen (secondary N) is 1. The largest absolute Gasteiger partial charge is 0.496 e. The molecule has 168 valence electrons. The Kier molecular flexibility index (Phi) is 7.21. The van der Waals surface area contributed by atoms with Crippen LogP contribution in [-0.4, -0.2) is 79.5 Å². The van der Waals surface area contributed by atoms with E-state index in [-0.39, 0.29) is 5.91 Å². The Hall–Kier alpha value is -2.42. The van der Waals surface area contributed by atoms with Gasteiger partial charge in [-0.15, -0.1) is 0 Å². The van der Waals surface area contributed by atoms with Crippen LogP contribution < -0.4 is 4.74 Å². The van der Waals surface area contributed by atoms with Gasteiger partial charge in [-0.1, -0.05) is 6.07 Å². The maximum atomic E-state index is 13.0. The molecule has 1 amide bonds. The second-order valence-electron chi connectivity index (χ2n) is 8.23. The van der Waals surface area contributed by atoms with Crippen molar-refractivity contribution in [3.63, 3.8) is 0 Å². The molecule has 1 aromatic heterocycles. The average Bonchev–Trinajstić information content (AvgIpc) is 3.30. The predicted octanol–water partition coefficient (Wildman–Crippen LogP) is 2.42. The summed E-state index contributed by atoms with van der Waals surface area (Å²) in [5.41, 5.74) is 4.03. The van der Waals surface area contributed by atoms with Gasteiger partial charge in [0.15, 0.2) is 0 Å². The Morgan fingerprint density at radius 3 is 2.68 bits per heavy atom. The fourth-order valence-electron chi connectivity index (χ4n) is 4.55. The van der Waals surface area contributed by atoms with Gasteiger partial charge in [0.1, 0.15) is 5.75 Å². The summed E-state index contributed by atoms with van der Waals surface area (Å²) in [4.78, 5) is 17.3. The summed E-state index contributed by atoms with van der Waals surface area (Å²) in [6, 6.07) is 6.23. The Morgan fingerprint density at radius 1 is 1.19 bits per heavy atom. The zero-order chi connectivity index (χ0) is 21.6. The highest BCUT2D eigenvalue weighted by Crippen LogP contribution is 2.31. The third-order valence-electron chi connectivity index (χ3n) is 6.24. The van der Waals surface area contributed by atoms with Crippen molar-refractivity contribution < 1.29 is 19.0 Å². The van der Waals surface area contributed by atoms with Gasteiger partial charge < -0.3 is 19.1 Å². The normalized spacial score (nSPS) is 18.3. The van der Waals surface area contributed by atoms with E-state index in [4.69, 9.17) is 14.2 Å². The number of nitrogens with zero attached hydrogens (tertiary/aromatic N) is 3. The molecule has 2 aliphatic rings. The number of carbonyl (C=O) groups is 1. The van der Waals surface area contributed by atoms with Crippen molar-refractivity contribution in [2.75, 3.05) is 53.6 Å². The van der Waals surface area contributed by atoms with Crippen molar-refractivity contribution in [3.8, 4) is 5.75 Å². The van der Waals surface area contributed by atoms with Crippen molar-refractivity contribution >= 4 is 5.91 Å². The van der Waals surface area contributed by atoms with Gasteiger partial charge in [0.05, 0.1) is 44.4 Å². The van der Waals surface area contributed by atoms with Crippen LogP contribution in [0.3, 0.4) is 0 Å². The lowest BCUT2D eigenvalue weighted by atomic mass is 9.90. The molecule has 2 saturated heterocycles. The molecule has 3 heterocycles. The topological polar surface area (TPSA) is 79.9 Å². The Labute approximate surface area is 183 Å². The van der Waals surface area contributed by atoms with Crippen molar-refractivity contribution in [2.45, 2.75) is 31.9 Å². The fraction of sp³-hybridized carbons (Fsp3) is 0.565. The first-order valence-electron chi connectivity index (χ1n) is 11.0. The van der Waals surface area contributed by atoms with Gasteiger partial charge in [-0.05, 0) is 43.6 Å². The number of carbonyl (C=O) groups excluding carboxylic acids is 1. The lowest BCUT2D eigenvalue weighted by molar-refractivity contribution is 0.0301. The van der Waals surface area contributed by atoms with Gasteiger partial charge in [0, 0.05) is 38.2 Å². The van der Waals surface area contributed by atoms with Crippen LogP contribution in [0.15, 0.2) is 24.4 Å². The first kappa shape index (κ1) is 21.8. The molecular weight excluding hydrogens is 396 g/mol. The molecule has 0 atom stereocenters. The van der Waals surface area contributed by atoms with E-state index >= 15 is 0 Å². The second-order valence-corrected chi connectivity index (χ2v) is 8.23. The van der Waals surface area contributed by atoms with Gasteiger partial charge in [0.25, 0.3) is 5.91 Å². The number of rotatable bonds is 7. The number of piperidine rings is 1. The minimum atomic E-state index is 0.0641. The summed E-state index contributed by atoms with van der Waals surface area (Å²) in [5.74, 6) is 1.29. The van der Waals surface area contributed by atoms with Crippen molar-refractivity contribution in [3.05, 3.63) is 46.8 Å². The molecular formula is C23H32N4O4. The van der Waals surface area contributed by atoms with Gasteiger partial charge in [-0.2, -0.15) is 5.10 Å². The number of likely N-dealkylation sites (tertiary alicyclic amines) is 1. The highest BCUT2D eigenvalue weighted by molar-refractivity contribution is 5.95. The lowest BCUT2D eigenvalue weighted by Crippen LogP contribution is -2.41. The molecule has 8 nitrogen and oxygen atoms in total. The Balaban J connectivity index is 1.38. The first-order chi connectivity index (χ1) is 15.2. The summed E-state index contributed by atoms with van der Waals surface area (Å²) in [6.07, 6.45) is 3.67. The molecule has 0 aliphatic carbocycles. The van der Waals surface area contributed by atoms with E-state index in [2.05, 4.69) is 21.2 Å². The van der Waals surface area contributed by atoms with E-state index < -0.39 is 0 Å². The van der Waals surface area contributed by atoms with Crippen LogP contribution in [0.1, 0.15) is 45.9 Å². The minimum Gasteiger partial charge on any atom is -0.496 e. The number of benzene rings is 1. The maximum Gasteiger partial charge on any atom is 0.257 e. The minimum absolute atomic E-state index is 0.0641. The summed E-state index contributed by atoms with van der Waals surface area (Å²) in [6.45, 7) is 5.87. The zero-order valence-corrected chi connectivity index (χ0v) is 18.4. The monoisotopic (exact) mass is 428 g/mol. The predicted molar refractivity (Wildman–Crippen MR) is 116 cm³/mol. The second kappa shape index (κ2) is 10.3. The van der Waals surface area contributed by atoms with Crippen molar-refractivity contribution in [1.82, 2.24) is 20.0 Å². The zero-order valence-electron chi connectivity index (χ0n) is 18.4. The van der Waals surface area contributed by atoms with Crippen molar-refractivity contribution in [1.29, 1.82) is 0 Å². The van der Waals surface area contributed by atoms with Gasteiger partial charge in [0.2, 0.25) is 0 Å². The number of morpholine rings is 1. The number of aromatic amines is 1. The number of hydrogen-bond acceptors (Lipinski definition) is 6. The smallest absolute Gasteiger partial charge is 0.257 e. The van der Waals surface area contributed by atoms with Gasteiger partial charge in [-0.25, -0.2) is 0 Å². The average molecular weight is 429 g/mol. The van der Waals surface area contributed by atoms with E-state index in [0.29, 0.717) is 44.4 Å². The molecule has 0 bridgehead atoms. The Morgan fingerprint density at radius 2 is 1.97 bits per heavy atom. The molecule has 8 heteroatoms. The molecule has 2 aliphatic heterocycles. The van der Waals surface area contributed by atoms with Gasteiger partial charge in [-0.3, -0.25) is 14.8 Å². The third kappa shape index (κ3) is 5.08. The molecule has 1 N–H and O–H groups in total. The van der Waals surface area contributed by atoms with E-state index in [1.54, 1.807) is 20.4 Å². The number of methoxy groups -OCH3 is 2. The molecule has 0 spiro atoms. The number of amides is 1. The number of ether oxygens (including phenoxy) is 3. The quantitative estimate of drug-likeness (QED) is 0.730. The van der Waals surface area contributed by atoms with Gasteiger partial charge >= 0.3 is 0 Å². The molecule has 1 aromatic carbocycles. The van der Waals surface area contributed by atoms with Crippen LogP contribution >= 0.6 is 0 Å². The summed E-state index contributed by atoms with van der Waals surface area (Å²) in [5, 5.41) is 7.32. The van der Waals surface area contributed by atoms with Crippen LogP contribution in [0.5, 0.6) is 5.75 Å². The maximum absolute atomic E-state index is 13.0. The number of H-pyrrole nitrogens is 1. The molecule has 0 saturated carbocycles. The third-order valence-corrected chi connectivity index (χ3v) is 6.24. The highest BCUT2D eigenvalue weighted by Gasteiger charge is 2.29. The molecule has 2 fully saturated rings. The molecule has 31 heavy (non-hydrogen) atoms. The van der Waals surface area contributed by atoms with Crippen LogP contribution in [0.25, 0.3) is 0 Å². The van der Waals surface area contributed by atoms with Crippen LogP contribution in [0.4, 0.5) is 0 Å². The Bertz CT molecular complexity index is 870. The molecule has 0 radical (unpaired) electrons. The molecule has 2 aromatic rings. The van der Waals surface area contributed by atoms with Crippen molar-refractivity contribution in [2.24, 2.45) is 0 Å². The molecule has 0 unspecified atom stereocenters. The van der Waals surface area contributed by atoms with Crippen LogP contribution in [0, 0.1) is 0 Å². The number of hydrogen-bond donors (Lipinski definition) is 1.